The van der Waals surface area contributed by atoms with Crippen LogP contribution in [-0.4, -0.2) is 14.9 Å². The van der Waals surface area contributed by atoms with E-state index in [2.05, 4.69) is 11.7 Å². The second-order valence-corrected chi connectivity index (χ2v) is 3.62. The van der Waals surface area contributed by atoms with E-state index in [4.69, 9.17) is 0 Å². The normalized spacial score (nSPS) is 12.4. The Hall–Kier alpha value is -1.87. The molecule has 1 N–H and O–H groups in total. The van der Waals surface area contributed by atoms with Crippen molar-refractivity contribution in [1.82, 2.24) is 9.78 Å². The predicted octanol–water partition coefficient (Wildman–Crippen LogP) is 2.31. The van der Waals surface area contributed by atoms with Gasteiger partial charge in [0, 0.05) is 12.6 Å². The lowest BCUT2D eigenvalue weighted by molar-refractivity contribution is 0.218. The van der Waals surface area contributed by atoms with Gasteiger partial charge in [-0.1, -0.05) is 36.4 Å². The first-order chi connectivity index (χ1) is 7.72. The molecule has 1 aromatic heterocycles. The summed E-state index contributed by atoms with van der Waals surface area (Å²) in [4.78, 5) is 0. The van der Waals surface area contributed by atoms with Crippen LogP contribution in [0.4, 0.5) is 0 Å². The molecule has 0 saturated heterocycles. The number of aryl methyl sites for hydroxylation is 1. The van der Waals surface area contributed by atoms with Crippen LogP contribution in [-0.2, 0) is 7.05 Å². The molecule has 0 aliphatic carbocycles. The first-order valence-electron chi connectivity index (χ1n) is 5.12. The first kappa shape index (κ1) is 10.6. The highest BCUT2D eigenvalue weighted by atomic mass is 16.3. The molecular formula is C13H14N2O. The van der Waals surface area contributed by atoms with E-state index >= 15 is 0 Å². The van der Waals surface area contributed by atoms with Crippen molar-refractivity contribution in [2.24, 2.45) is 7.05 Å². The number of aliphatic hydroxyl groups is 1. The molecule has 1 heterocycles. The fourth-order valence-corrected chi connectivity index (χ4v) is 1.63. The molecule has 2 aromatic rings. The minimum atomic E-state index is -0.671. The topological polar surface area (TPSA) is 38.1 Å². The monoisotopic (exact) mass is 214 g/mol. The largest absolute Gasteiger partial charge is 0.383 e. The highest BCUT2D eigenvalue weighted by Crippen LogP contribution is 2.22. The maximum atomic E-state index is 9.69. The average Bonchev–Trinajstić information content (AvgIpc) is 2.71. The number of nitrogens with zero attached hydrogens (tertiary/aromatic N) is 2. The summed E-state index contributed by atoms with van der Waals surface area (Å²) in [6, 6.07) is 11.8. The molecule has 0 radical (unpaired) electrons. The van der Waals surface area contributed by atoms with Crippen molar-refractivity contribution in [3.63, 3.8) is 0 Å². The van der Waals surface area contributed by atoms with Gasteiger partial charge in [-0.25, -0.2) is 0 Å². The van der Waals surface area contributed by atoms with Crippen molar-refractivity contribution in [3.05, 3.63) is 54.7 Å². The molecule has 0 saturated carbocycles. The van der Waals surface area contributed by atoms with Crippen LogP contribution in [0.5, 0.6) is 0 Å². The fraction of sp³-hybridized carbons (Fsp3) is 0.154. The van der Waals surface area contributed by atoms with Gasteiger partial charge in [0.25, 0.3) is 0 Å². The zero-order valence-corrected chi connectivity index (χ0v) is 9.17. The van der Waals surface area contributed by atoms with Gasteiger partial charge in [0.2, 0.25) is 0 Å². The predicted molar refractivity (Wildman–Crippen MR) is 63.8 cm³/mol. The van der Waals surface area contributed by atoms with Crippen molar-refractivity contribution in [2.45, 2.75) is 6.10 Å². The van der Waals surface area contributed by atoms with Crippen molar-refractivity contribution in [3.8, 4) is 11.3 Å². The van der Waals surface area contributed by atoms with Gasteiger partial charge >= 0.3 is 0 Å². The summed E-state index contributed by atoms with van der Waals surface area (Å²) in [7, 11) is 1.81. The maximum absolute atomic E-state index is 9.69. The zero-order valence-electron chi connectivity index (χ0n) is 9.17. The van der Waals surface area contributed by atoms with E-state index in [9.17, 15) is 5.11 Å². The summed E-state index contributed by atoms with van der Waals surface area (Å²) >= 11 is 0. The molecule has 0 spiro atoms. The summed E-state index contributed by atoms with van der Waals surface area (Å²) in [5.74, 6) is 0. The van der Waals surface area contributed by atoms with Crippen molar-refractivity contribution >= 4 is 0 Å². The Labute approximate surface area is 94.7 Å². The fourth-order valence-electron chi connectivity index (χ4n) is 1.63. The standard InChI is InChI=1S/C13H14N2O/c1-3-13(16)12-9-11(14-15(12)2)10-7-5-4-6-8-10/h3-9,13,16H,1H2,2H3. The van der Waals surface area contributed by atoms with E-state index in [0.717, 1.165) is 17.0 Å². The Morgan fingerprint density at radius 2 is 2.06 bits per heavy atom. The van der Waals surface area contributed by atoms with Crippen LogP contribution in [0.2, 0.25) is 0 Å². The second kappa shape index (κ2) is 4.33. The van der Waals surface area contributed by atoms with E-state index in [-0.39, 0.29) is 0 Å². The number of aromatic nitrogens is 2. The third-order valence-electron chi connectivity index (χ3n) is 2.51. The third kappa shape index (κ3) is 1.90. The Morgan fingerprint density at radius 3 is 2.69 bits per heavy atom. The van der Waals surface area contributed by atoms with Gasteiger partial charge in [-0.3, -0.25) is 4.68 Å². The van der Waals surface area contributed by atoms with E-state index in [1.54, 1.807) is 4.68 Å². The molecule has 1 atom stereocenters. The van der Waals surface area contributed by atoms with Gasteiger partial charge in [0.05, 0.1) is 11.4 Å². The Balaban J connectivity index is 2.42. The highest BCUT2D eigenvalue weighted by Gasteiger charge is 2.11. The van der Waals surface area contributed by atoms with E-state index in [0.29, 0.717) is 0 Å². The Morgan fingerprint density at radius 1 is 1.38 bits per heavy atom. The van der Waals surface area contributed by atoms with E-state index in [1.165, 1.54) is 6.08 Å². The number of rotatable bonds is 3. The van der Waals surface area contributed by atoms with E-state index < -0.39 is 6.10 Å². The summed E-state index contributed by atoms with van der Waals surface area (Å²) < 4.78 is 1.68. The van der Waals surface area contributed by atoms with Crippen molar-refractivity contribution < 1.29 is 5.11 Å². The average molecular weight is 214 g/mol. The molecular weight excluding hydrogens is 200 g/mol. The van der Waals surface area contributed by atoms with Crippen LogP contribution < -0.4 is 0 Å². The van der Waals surface area contributed by atoms with Crippen molar-refractivity contribution in [1.29, 1.82) is 0 Å². The van der Waals surface area contributed by atoms with Gasteiger partial charge in [0.15, 0.2) is 0 Å². The molecule has 1 unspecified atom stereocenters. The quantitative estimate of drug-likeness (QED) is 0.796. The lowest BCUT2D eigenvalue weighted by Gasteiger charge is -2.03. The van der Waals surface area contributed by atoms with Crippen LogP contribution >= 0.6 is 0 Å². The molecule has 0 bridgehead atoms. The van der Waals surface area contributed by atoms with Gasteiger partial charge < -0.3 is 5.11 Å². The lowest BCUT2D eigenvalue weighted by Crippen LogP contribution is -2.02. The van der Waals surface area contributed by atoms with Crippen LogP contribution in [0.3, 0.4) is 0 Å². The van der Waals surface area contributed by atoms with Gasteiger partial charge in [-0.05, 0) is 6.07 Å². The SMILES string of the molecule is C=CC(O)c1cc(-c2ccccc2)nn1C. The number of hydrogen-bond donors (Lipinski definition) is 1. The van der Waals surface area contributed by atoms with Gasteiger partial charge in [-0.15, -0.1) is 6.58 Å². The summed E-state index contributed by atoms with van der Waals surface area (Å²) in [6.45, 7) is 3.57. The van der Waals surface area contributed by atoms with Gasteiger partial charge in [0.1, 0.15) is 6.10 Å². The Bertz CT molecular complexity index is 488. The molecule has 3 heteroatoms. The molecule has 2 rings (SSSR count). The number of benzene rings is 1. The van der Waals surface area contributed by atoms with Crippen LogP contribution in [0.25, 0.3) is 11.3 Å². The second-order valence-electron chi connectivity index (χ2n) is 3.62. The molecule has 0 aliphatic rings. The molecule has 82 valence electrons. The summed E-state index contributed by atoms with van der Waals surface area (Å²) in [5.41, 5.74) is 2.65. The highest BCUT2D eigenvalue weighted by molar-refractivity contribution is 5.59. The molecule has 0 amide bonds. The summed E-state index contributed by atoms with van der Waals surface area (Å²) in [6.07, 6.45) is 0.821. The van der Waals surface area contributed by atoms with E-state index in [1.807, 2.05) is 43.4 Å². The van der Waals surface area contributed by atoms with Crippen LogP contribution in [0, 0.1) is 0 Å². The third-order valence-corrected chi connectivity index (χ3v) is 2.51. The number of aliphatic hydroxyl groups excluding tert-OH is 1. The van der Waals surface area contributed by atoms with Crippen LogP contribution in [0.15, 0.2) is 49.1 Å². The molecule has 3 nitrogen and oxygen atoms in total. The molecule has 0 aliphatic heterocycles. The Kier molecular flexibility index (Phi) is 2.88. The lowest BCUT2D eigenvalue weighted by atomic mass is 10.1. The smallest absolute Gasteiger partial charge is 0.113 e. The maximum Gasteiger partial charge on any atom is 0.113 e. The molecule has 0 fully saturated rings. The van der Waals surface area contributed by atoms with Gasteiger partial charge in [-0.2, -0.15) is 5.10 Å². The van der Waals surface area contributed by atoms with Crippen LogP contribution in [0.1, 0.15) is 11.8 Å². The molecule has 1 aromatic carbocycles. The first-order valence-corrected chi connectivity index (χ1v) is 5.12. The summed E-state index contributed by atoms with van der Waals surface area (Å²) in [5, 5.41) is 14.1. The minimum Gasteiger partial charge on any atom is -0.383 e. The van der Waals surface area contributed by atoms with Crippen molar-refractivity contribution in [2.75, 3.05) is 0 Å². The zero-order chi connectivity index (χ0) is 11.5. The molecule has 16 heavy (non-hydrogen) atoms. The minimum absolute atomic E-state index is 0.671. The number of hydrogen-bond acceptors (Lipinski definition) is 2.